The van der Waals surface area contributed by atoms with Crippen LogP contribution in [-0.4, -0.2) is 12.6 Å². The van der Waals surface area contributed by atoms with E-state index in [9.17, 15) is 4.79 Å². The van der Waals surface area contributed by atoms with Gasteiger partial charge in [-0.25, -0.2) is 4.79 Å². The number of rotatable bonds is 0. The molecule has 0 bridgehead atoms. The maximum atomic E-state index is 10.2. The quantitative estimate of drug-likeness (QED) is 0.571. The molecule has 0 aromatic heterocycles. The summed E-state index contributed by atoms with van der Waals surface area (Å²) in [4.78, 5) is 10.2. The largest absolute Gasteiger partial charge is 0.466 e. The summed E-state index contributed by atoms with van der Waals surface area (Å²) in [5.41, 5.74) is 2.19. The van der Waals surface area contributed by atoms with Crippen molar-refractivity contribution in [3.05, 3.63) is 48.0 Å². The fourth-order valence-corrected chi connectivity index (χ4v) is 1.03. The fourth-order valence-electron chi connectivity index (χ4n) is 1.03. The van der Waals surface area contributed by atoms with Gasteiger partial charge in [-0.15, -0.1) is 0 Å². The second-order valence-corrected chi connectivity index (χ2v) is 3.37. The van der Waals surface area contributed by atoms with E-state index in [1.165, 1.54) is 11.6 Å². The van der Waals surface area contributed by atoms with Crippen molar-refractivity contribution in [3.8, 4) is 0 Å². The normalized spacial score (nSPS) is 18.3. The lowest BCUT2D eigenvalue weighted by Gasteiger charge is -2.03. The maximum absolute atomic E-state index is 10.2. The van der Waals surface area contributed by atoms with Gasteiger partial charge < -0.3 is 9.47 Å². The van der Waals surface area contributed by atoms with E-state index in [0.717, 1.165) is 5.57 Å². The highest BCUT2D eigenvalue weighted by Gasteiger charge is 2.06. The highest BCUT2D eigenvalue weighted by Crippen LogP contribution is 2.09. The Balaban J connectivity index is 0.000000151. The zero-order chi connectivity index (χ0) is 11.3. The molecule has 0 spiro atoms. The van der Waals surface area contributed by atoms with E-state index in [0.29, 0.717) is 12.4 Å². The van der Waals surface area contributed by atoms with E-state index in [-0.39, 0.29) is 5.97 Å². The van der Waals surface area contributed by atoms with Gasteiger partial charge in [0, 0.05) is 6.08 Å². The van der Waals surface area contributed by atoms with Gasteiger partial charge in [-0.1, -0.05) is 6.58 Å². The highest BCUT2D eigenvalue weighted by molar-refractivity contribution is 5.84. The number of cyclic esters (lactones) is 1. The summed E-state index contributed by atoms with van der Waals surface area (Å²) in [7, 11) is 0. The minimum Gasteiger partial charge on any atom is -0.466 e. The van der Waals surface area contributed by atoms with Crippen LogP contribution in [0.3, 0.4) is 0 Å². The summed E-state index contributed by atoms with van der Waals surface area (Å²) in [6.45, 7) is 7.97. The summed E-state index contributed by atoms with van der Waals surface area (Å²) >= 11 is 0. The van der Waals surface area contributed by atoms with E-state index < -0.39 is 0 Å². The molecule has 0 saturated carbocycles. The van der Waals surface area contributed by atoms with Gasteiger partial charge in [-0.05, 0) is 37.1 Å². The Morgan fingerprint density at radius 2 is 2.07 bits per heavy atom. The van der Waals surface area contributed by atoms with Crippen molar-refractivity contribution in [2.45, 2.75) is 13.8 Å². The molecule has 0 unspecified atom stereocenters. The van der Waals surface area contributed by atoms with Crippen LogP contribution in [0.2, 0.25) is 0 Å². The molecule has 0 aromatic rings. The lowest BCUT2D eigenvalue weighted by atomic mass is 10.2. The molecule has 0 radical (unpaired) electrons. The molecular formula is C12H14O3. The van der Waals surface area contributed by atoms with Gasteiger partial charge in [-0.2, -0.15) is 0 Å². The van der Waals surface area contributed by atoms with Crippen LogP contribution in [0.5, 0.6) is 0 Å². The first-order valence-electron chi connectivity index (χ1n) is 4.62. The minimum atomic E-state index is -0.211. The number of carbonyl (C=O) groups excluding carboxylic acids is 1. The van der Waals surface area contributed by atoms with Gasteiger partial charge in [0.1, 0.15) is 12.4 Å². The molecule has 2 aliphatic heterocycles. The number of allylic oxidation sites excluding steroid dienone is 3. The molecule has 3 nitrogen and oxygen atoms in total. The van der Waals surface area contributed by atoms with E-state index in [1.54, 1.807) is 6.26 Å². The smallest absolute Gasteiger partial charge is 0.331 e. The molecule has 0 saturated heterocycles. The van der Waals surface area contributed by atoms with Crippen LogP contribution in [-0.2, 0) is 14.3 Å². The van der Waals surface area contributed by atoms with Crippen LogP contribution in [0.4, 0.5) is 0 Å². The van der Waals surface area contributed by atoms with Crippen molar-refractivity contribution in [3.63, 3.8) is 0 Å². The first kappa shape index (κ1) is 11.3. The molecule has 0 aliphatic carbocycles. The van der Waals surface area contributed by atoms with Gasteiger partial charge in [-0.3, -0.25) is 0 Å². The topological polar surface area (TPSA) is 35.5 Å². The molecule has 0 N–H and O–H groups in total. The predicted molar refractivity (Wildman–Crippen MR) is 57.8 cm³/mol. The zero-order valence-corrected chi connectivity index (χ0v) is 8.95. The average molecular weight is 206 g/mol. The Hall–Kier alpha value is -1.77. The summed E-state index contributed by atoms with van der Waals surface area (Å²) in [6, 6.07) is 0. The van der Waals surface area contributed by atoms with E-state index in [1.807, 2.05) is 26.0 Å². The Labute approximate surface area is 89.4 Å². The van der Waals surface area contributed by atoms with Crippen molar-refractivity contribution < 1.29 is 14.3 Å². The molecule has 15 heavy (non-hydrogen) atoms. The summed E-state index contributed by atoms with van der Waals surface area (Å²) in [5.74, 6) is 0.502. The average Bonchev–Trinajstić information content (AvgIpc) is 2.50. The minimum absolute atomic E-state index is 0.211. The Bertz CT molecular complexity index is 359. The molecule has 0 fully saturated rings. The molecule has 0 atom stereocenters. The molecule has 0 amide bonds. The Morgan fingerprint density at radius 3 is 2.33 bits per heavy atom. The molecule has 2 heterocycles. The van der Waals surface area contributed by atoms with Crippen molar-refractivity contribution in [1.29, 1.82) is 0 Å². The van der Waals surface area contributed by atoms with E-state index in [2.05, 4.69) is 11.3 Å². The number of ether oxygens (including phenoxy) is 2. The Morgan fingerprint density at radius 1 is 1.33 bits per heavy atom. The van der Waals surface area contributed by atoms with Gasteiger partial charge in [0.25, 0.3) is 0 Å². The van der Waals surface area contributed by atoms with Crippen LogP contribution >= 0.6 is 0 Å². The van der Waals surface area contributed by atoms with Crippen LogP contribution in [0.25, 0.3) is 0 Å². The Kier molecular flexibility index (Phi) is 3.92. The van der Waals surface area contributed by atoms with Gasteiger partial charge in [0.2, 0.25) is 0 Å². The van der Waals surface area contributed by atoms with Gasteiger partial charge >= 0.3 is 5.97 Å². The molecule has 2 aliphatic rings. The highest BCUT2D eigenvalue weighted by atomic mass is 16.5. The van der Waals surface area contributed by atoms with Crippen LogP contribution in [0.15, 0.2) is 48.0 Å². The third kappa shape index (κ3) is 4.31. The second-order valence-electron chi connectivity index (χ2n) is 3.37. The van der Waals surface area contributed by atoms with Crippen molar-refractivity contribution in [1.82, 2.24) is 0 Å². The van der Waals surface area contributed by atoms with Crippen molar-refractivity contribution >= 4 is 5.97 Å². The molecule has 3 heteroatoms. The first-order chi connectivity index (χ1) is 7.08. The van der Waals surface area contributed by atoms with Crippen LogP contribution in [0.1, 0.15) is 13.8 Å². The first-order valence-corrected chi connectivity index (χ1v) is 4.62. The molecule has 0 aromatic carbocycles. The summed E-state index contributed by atoms with van der Waals surface area (Å²) < 4.78 is 9.43. The predicted octanol–water partition coefficient (Wildman–Crippen LogP) is 2.48. The monoisotopic (exact) mass is 206 g/mol. The fraction of sp³-hybridized carbons (Fsp3) is 0.250. The van der Waals surface area contributed by atoms with Gasteiger partial charge in [0.05, 0.1) is 6.26 Å². The number of hydrogen-bond donors (Lipinski definition) is 0. The summed E-state index contributed by atoms with van der Waals surface area (Å²) in [5, 5.41) is 0. The lowest BCUT2D eigenvalue weighted by Crippen LogP contribution is -1.90. The zero-order valence-electron chi connectivity index (χ0n) is 8.95. The van der Waals surface area contributed by atoms with Gasteiger partial charge in [0.15, 0.2) is 0 Å². The summed E-state index contributed by atoms with van der Waals surface area (Å²) in [6.07, 6.45) is 6.92. The standard InChI is InChI=1S/C7H8O.C5H6O2/c1-6-3-4-8-7(2)5-6;1-4-2-5(6)7-3-4/h3-5H,2H2,1H3;2H,3H2,1H3. The molecular weight excluding hydrogens is 192 g/mol. The molecule has 80 valence electrons. The van der Waals surface area contributed by atoms with E-state index >= 15 is 0 Å². The SMILES string of the molecule is C=C1C=C(C)C=CO1.CC1=CC(=O)OC1. The number of carbonyl (C=O) groups is 1. The number of esters is 1. The van der Waals surface area contributed by atoms with Crippen molar-refractivity contribution in [2.75, 3.05) is 6.61 Å². The maximum Gasteiger partial charge on any atom is 0.331 e. The van der Waals surface area contributed by atoms with Crippen LogP contribution < -0.4 is 0 Å². The van der Waals surface area contributed by atoms with Crippen molar-refractivity contribution in [2.24, 2.45) is 0 Å². The number of hydrogen-bond acceptors (Lipinski definition) is 3. The second kappa shape index (κ2) is 5.20. The lowest BCUT2D eigenvalue weighted by molar-refractivity contribution is -0.134. The molecule has 2 rings (SSSR count). The third-order valence-corrected chi connectivity index (χ3v) is 1.75. The van der Waals surface area contributed by atoms with E-state index in [4.69, 9.17) is 4.74 Å². The third-order valence-electron chi connectivity index (χ3n) is 1.75. The van der Waals surface area contributed by atoms with Crippen LogP contribution in [0, 0.1) is 0 Å².